The maximum atomic E-state index is 2.70. The molecule has 2 nitrogen and oxygen atoms in total. The number of fused-ring (bicyclic) bond motifs is 16. The van der Waals surface area contributed by atoms with Crippen molar-refractivity contribution in [1.29, 1.82) is 0 Å². The van der Waals surface area contributed by atoms with Crippen molar-refractivity contribution in [3.8, 4) is 55.9 Å². The average Bonchev–Trinajstić information content (AvgIpc) is 4.25. The lowest BCUT2D eigenvalue weighted by Gasteiger charge is -2.29. The van der Waals surface area contributed by atoms with Gasteiger partial charge in [-0.25, -0.2) is 0 Å². The summed E-state index contributed by atoms with van der Waals surface area (Å²) in [5, 5.41) is 5.22. The lowest BCUT2D eigenvalue weighted by atomic mass is 9.74. The molecule has 0 aliphatic heterocycles. The maximum Gasteiger partial charge on any atom is 0.0541 e. The Balaban J connectivity index is 0.848. The summed E-state index contributed by atoms with van der Waals surface area (Å²) >= 11 is 0. The zero-order chi connectivity index (χ0) is 43.1. The van der Waals surface area contributed by atoms with E-state index in [0.717, 1.165) is 0 Å². The third-order valence-corrected chi connectivity index (χ3v) is 16.8. The Morgan fingerprint density at radius 1 is 0.273 bits per heavy atom. The molecule has 0 radical (unpaired) electrons. The highest BCUT2D eigenvalue weighted by atomic mass is 15.0. The van der Waals surface area contributed by atoms with E-state index >= 15 is 0 Å². The summed E-state index contributed by atoms with van der Waals surface area (Å²) in [4.78, 5) is 0. The first-order valence-electron chi connectivity index (χ1n) is 24.3. The molecule has 2 heteroatoms. The van der Waals surface area contributed by atoms with Crippen LogP contribution in [-0.4, -0.2) is 9.13 Å². The summed E-state index contributed by atoms with van der Waals surface area (Å²) in [6.07, 6.45) is 10.0. The molecule has 0 unspecified atom stereocenters. The van der Waals surface area contributed by atoms with Gasteiger partial charge < -0.3 is 9.13 Å². The van der Waals surface area contributed by atoms with Crippen LogP contribution in [0.2, 0.25) is 0 Å². The number of para-hydroxylation sites is 4. The van der Waals surface area contributed by atoms with Gasteiger partial charge in [0.2, 0.25) is 0 Å². The lowest BCUT2D eigenvalue weighted by molar-refractivity contribution is 0.544. The third-order valence-electron chi connectivity index (χ3n) is 16.8. The van der Waals surface area contributed by atoms with Crippen LogP contribution in [0.25, 0.3) is 99.5 Å². The van der Waals surface area contributed by atoms with Crippen LogP contribution < -0.4 is 0 Å². The molecule has 66 heavy (non-hydrogen) atoms. The van der Waals surface area contributed by atoms with Crippen LogP contribution in [0, 0.1) is 0 Å². The largest absolute Gasteiger partial charge is 0.309 e. The monoisotopic (exact) mass is 844 g/mol. The van der Waals surface area contributed by atoms with Gasteiger partial charge >= 0.3 is 0 Å². The van der Waals surface area contributed by atoms with Crippen LogP contribution in [-0.2, 0) is 10.8 Å². The van der Waals surface area contributed by atoms with Crippen LogP contribution in [0.15, 0.2) is 194 Å². The SMILES string of the molecule is c1ccc(-n2c3ccccc3c3cc(-c4ccc5c(c4)C4(CCCC4)c4cc6c(cc4-5)C4(CCCC4)c4cc(-c5ccc7c(c5)c5ccccc5n7-c5ccccc5)ccc4-6)ccc32)cc1. The van der Waals surface area contributed by atoms with E-state index in [1.54, 1.807) is 22.3 Å². The molecule has 2 aromatic heterocycles. The van der Waals surface area contributed by atoms with E-state index in [1.807, 2.05) is 0 Å². The molecule has 0 atom stereocenters. The van der Waals surface area contributed by atoms with Gasteiger partial charge in [-0.05, 0) is 177 Å². The van der Waals surface area contributed by atoms with Crippen molar-refractivity contribution in [2.45, 2.75) is 62.2 Å². The van der Waals surface area contributed by atoms with E-state index in [0.29, 0.717) is 0 Å². The minimum Gasteiger partial charge on any atom is -0.309 e. The average molecular weight is 845 g/mol. The van der Waals surface area contributed by atoms with Crippen LogP contribution in [0.3, 0.4) is 0 Å². The van der Waals surface area contributed by atoms with E-state index in [4.69, 9.17) is 0 Å². The van der Waals surface area contributed by atoms with Crippen molar-refractivity contribution in [2.75, 3.05) is 0 Å². The number of hydrogen-bond donors (Lipinski definition) is 0. The zero-order valence-corrected chi connectivity index (χ0v) is 37.0. The normalized spacial score (nSPS) is 16.2. The van der Waals surface area contributed by atoms with E-state index in [9.17, 15) is 0 Å². The minimum atomic E-state index is 0.0585. The van der Waals surface area contributed by atoms with Gasteiger partial charge in [0.15, 0.2) is 0 Å². The van der Waals surface area contributed by atoms with Gasteiger partial charge in [0.1, 0.15) is 0 Å². The summed E-state index contributed by atoms with van der Waals surface area (Å²) in [5.41, 5.74) is 25.0. The van der Waals surface area contributed by atoms with Crippen molar-refractivity contribution in [3.63, 3.8) is 0 Å². The summed E-state index contributed by atoms with van der Waals surface area (Å²) in [7, 11) is 0. The van der Waals surface area contributed by atoms with Crippen LogP contribution >= 0.6 is 0 Å². The number of nitrogens with zero attached hydrogens (tertiary/aromatic N) is 2. The van der Waals surface area contributed by atoms with Crippen LogP contribution in [0.4, 0.5) is 0 Å². The Bertz CT molecular complexity index is 3560. The molecule has 11 aromatic rings. The molecule has 15 rings (SSSR count). The molecule has 0 bridgehead atoms. The van der Waals surface area contributed by atoms with Gasteiger partial charge in [-0.1, -0.05) is 135 Å². The predicted molar refractivity (Wildman–Crippen MR) is 275 cm³/mol. The van der Waals surface area contributed by atoms with E-state index in [2.05, 4.69) is 203 Å². The molecular formula is C64H48N2. The van der Waals surface area contributed by atoms with Gasteiger partial charge in [-0.2, -0.15) is 0 Å². The molecule has 314 valence electrons. The molecular weight excluding hydrogens is 797 g/mol. The fraction of sp³-hybridized carbons (Fsp3) is 0.156. The summed E-state index contributed by atoms with van der Waals surface area (Å²) in [6, 6.07) is 74.1. The second-order valence-corrected chi connectivity index (χ2v) is 19.9. The van der Waals surface area contributed by atoms with E-state index in [1.165, 1.54) is 151 Å². The molecule has 4 aliphatic rings. The quantitative estimate of drug-likeness (QED) is 0.167. The van der Waals surface area contributed by atoms with Crippen molar-refractivity contribution in [2.24, 2.45) is 0 Å². The van der Waals surface area contributed by atoms with Crippen LogP contribution in [0.1, 0.15) is 73.6 Å². The van der Waals surface area contributed by atoms with Gasteiger partial charge in [-0.15, -0.1) is 0 Å². The topological polar surface area (TPSA) is 9.86 Å². The Morgan fingerprint density at radius 2 is 0.621 bits per heavy atom. The Labute approximate surface area is 385 Å². The smallest absolute Gasteiger partial charge is 0.0541 e. The fourth-order valence-electron chi connectivity index (χ4n) is 13.9. The van der Waals surface area contributed by atoms with Crippen molar-refractivity contribution < 1.29 is 0 Å². The maximum absolute atomic E-state index is 2.70. The predicted octanol–water partition coefficient (Wildman–Crippen LogP) is 16.9. The first-order valence-corrected chi connectivity index (χ1v) is 24.3. The third kappa shape index (κ3) is 4.91. The molecule has 2 spiro atoms. The molecule has 0 saturated heterocycles. The van der Waals surface area contributed by atoms with Gasteiger partial charge in [0.25, 0.3) is 0 Å². The van der Waals surface area contributed by atoms with Gasteiger partial charge in [0.05, 0.1) is 22.1 Å². The highest BCUT2D eigenvalue weighted by molar-refractivity contribution is 6.12. The second-order valence-electron chi connectivity index (χ2n) is 19.9. The fourth-order valence-corrected chi connectivity index (χ4v) is 13.9. The molecule has 2 fully saturated rings. The molecule has 2 saturated carbocycles. The second kappa shape index (κ2) is 13.6. The Morgan fingerprint density at radius 3 is 1.06 bits per heavy atom. The summed E-state index contributed by atoms with van der Waals surface area (Å²) < 4.78 is 4.84. The first kappa shape index (κ1) is 36.9. The Hall–Kier alpha value is -7.42. The molecule has 0 N–H and O–H groups in total. The number of rotatable bonds is 4. The highest BCUT2D eigenvalue weighted by Crippen LogP contribution is 2.63. The van der Waals surface area contributed by atoms with Crippen LogP contribution in [0.5, 0.6) is 0 Å². The molecule has 4 aliphatic carbocycles. The number of hydrogen-bond acceptors (Lipinski definition) is 0. The van der Waals surface area contributed by atoms with E-state index in [-0.39, 0.29) is 10.8 Å². The minimum absolute atomic E-state index is 0.0585. The molecule has 2 heterocycles. The summed E-state index contributed by atoms with van der Waals surface area (Å²) in [6.45, 7) is 0. The number of benzene rings is 9. The molecule has 0 amide bonds. The number of aromatic nitrogens is 2. The Kier molecular flexibility index (Phi) is 7.58. The van der Waals surface area contributed by atoms with Gasteiger partial charge in [0, 0.05) is 43.7 Å². The van der Waals surface area contributed by atoms with Gasteiger partial charge in [-0.3, -0.25) is 0 Å². The highest BCUT2D eigenvalue weighted by Gasteiger charge is 2.50. The van der Waals surface area contributed by atoms with E-state index < -0.39 is 0 Å². The standard InChI is InChI=1S/C64H48N2/c1-3-15-45(16-4-1)65-59-21-9-7-19-49(59)53-35-41(25-29-61(53)65)43-23-27-47-51-39-58-52(40-57(51)63(55(47)37-43)31-11-12-32-63)48-28-24-44(38-56(48)64(58)33-13-14-34-64)42-26-30-62-54(36-42)50-20-8-10-22-60(50)66(62)46-17-5-2-6-18-46/h1-10,15-30,35-40H,11-14,31-34H2. The summed E-state index contributed by atoms with van der Waals surface area (Å²) in [5.74, 6) is 0. The van der Waals surface area contributed by atoms with Crippen molar-refractivity contribution in [1.82, 2.24) is 9.13 Å². The zero-order valence-electron chi connectivity index (χ0n) is 37.0. The first-order chi connectivity index (χ1) is 32.7. The van der Waals surface area contributed by atoms with Crippen molar-refractivity contribution in [3.05, 3.63) is 216 Å². The molecule has 9 aromatic carbocycles. The lowest BCUT2D eigenvalue weighted by Crippen LogP contribution is -2.22. The van der Waals surface area contributed by atoms with Crippen molar-refractivity contribution >= 4 is 43.6 Å².